The van der Waals surface area contributed by atoms with E-state index in [1.54, 1.807) is 4.57 Å². The number of pyridine rings is 2. The molecule has 2 aromatic rings. The first-order chi connectivity index (χ1) is 11.9. The number of aromatic nitrogens is 2. The molecule has 0 saturated carbocycles. The number of rotatable bonds is 1. The van der Waals surface area contributed by atoms with Gasteiger partial charge in [0.1, 0.15) is 6.61 Å². The summed E-state index contributed by atoms with van der Waals surface area (Å²) in [5, 5.41) is 1.30. The Morgan fingerprint density at radius 2 is 2.12 bits per heavy atom. The molecule has 0 aromatic carbocycles. The molecule has 2 N–H and O–H groups in total. The lowest BCUT2D eigenvalue weighted by molar-refractivity contribution is -0.144. The number of ether oxygens (including phenoxy) is 1. The zero-order chi connectivity index (χ0) is 17.9. The quantitative estimate of drug-likeness (QED) is 0.637. The van der Waals surface area contributed by atoms with E-state index in [9.17, 15) is 9.59 Å². The van der Waals surface area contributed by atoms with Gasteiger partial charge >= 0.3 is 5.97 Å². The number of hydrogen-bond donors (Lipinski definition) is 1. The molecular weight excluding hydrogens is 318 g/mol. The summed E-state index contributed by atoms with van der Waals surface area (Å²) in [6.07, 6.45) is 0.266. The maximum absolute atomic E-state index is 13.0. The highest BCUT2D eigenvalue weighted by Gasteiger charge is 2.30. The topological polar surface area (TPSA) is 87.2 Å². The highest BCUT2D eigenvalue weighted by Crippen LogP contribution is 2.34. The minimum Gasteiger partial charge on any atom is -0.461 e. The molecule has 6 heteroatoms. The first kappa shape index (κ1) is 15.8. The van der Waals surface area contributed by atoms with Crippen molar-refractivity contribution in [3.05, 3.63) is 49.2 Å². The van der Waals surface area contributed by atoms with Gasteiger partial charge in [-0.3, -0.25) is 9.59 Å². The SMILES string of the molecule is C=c1nc2c(c(CN)c1=C)Cn1c-2cc2c(c1=O)COC(=O)CC2C. The summed E-state index contributed by atoms with van der Waals surface area (Å²) in [6, 6.07) is 1.96. The predicted molar refractivity (Wildman–Crippen MR) is 94.0 cm³/mol. The van der Waals surface area contributed by atoms with Crippen LogP contribution in [-0.2, 0) is 29.2 Å². The van der Waals surface area contributed by atoms with Gasteiger partial charge in [0.2, 0.25) is 0 Å². The van der Waals surface area contributed by atoms with Crippen molar-refractivity contribution in [2.24, 2.45) is 5.73 Å². The van der Waals surface area contributed by atoms with Crippen molar-refractivity contribution >= 4 is 19.1 Å². The van der Waals surface area contributed by atoms with Crippen LogP contribution in [0, 0.1) is 0 Å². The predicted octanol–water partition coefficient (Wildman–Crippen LogP) is 0.102. The summed E-state index contributed by atoms with van der Waals surface area (Å²) in [4.78, 5) is 29.3. The number of nitrogens with two attached hydrogens (primary N) is 1. The molecule has 0 radical (unpaired) electrons. The lowest BCUT2D eigenvalue weighted by Gasteiger charge is -2.13. The van der Waals surface area contributed by atoms with E-state index in [1.807, 2.05) is 13.0 Å². The van der Waals surface area contributed by atoms with Gasteiger partial charge in [0.25, 0.3) is 5.56 Å². The van der Waals surface area contributed by atoms with Crippen LogP contribution in [0.3, 0.4) is 0 Å². The highest BCUT2D eigenvalue weighted by atomic mass is 16.5. The van der Waals surface area contributed by atoms with Gasteiger partial charge in [-0.15, -0.1) is 0 Å². The van der Waals surface area contributed by atoms with Crippen molar-refractivity contribution in [3.63, 3.8) is 0 Å². The lowest BCUT2D eigenvalue weighted by atomic mass is 9.94. The maximum Gasteiger partial charge on any atom is 0.306 e. The van der Waals surface area contributed by atoms with E-state index in [1.165, 1.54) is 0 Å². The van der Waals surface area contributed by atoms with Gasteiger partial charge in [-0.2, -0.15) is 0 Å². The molecule has 6 nitrogen and oxygen atoms in total. The second-order valence-electron chi connectivity index (χ2n) is 6.67. The zero-order valence-corrected chi connectivity index (χ0v) is 14.1. The standard InChI is InChI=1S/C19H19N3O3/c1-9-4-17(23)25-8-15-12(9)5-16-18-14(7-22(16)19(15)24)13(6-20)10(2)11(3)21-18/h5,9H,2-4,6-8,20H2,1H3. The van der Waals surface area contributed by atoms with Gasteiger partial charge in [-0.1, -0.05) is 20.1 Å². The van der Waals surface area contributed by atoms with Crippen LogP contribution in [0.2, 0.25) is 0 Å². The van der Waals surface area contributed by atoms with Crippen molar-refractivity contribution in [2.75, 3.05) is 0 Å². The molecule has 0 spiro atoms. The number of hydrogen-bond acceptors (Lipinski definition) is 5. The van der Waals surface area contributed by atoms with Crippen LogP contribution in [0.1, 0.15) is 41.5 Å². The Balaban J connectivity index is 2.02. The largest absolute Gasteiger partial charge is 0.461 e. The molecule has 2 aromatic heterocycles. The summed E-state index contributed by atoms with van der Waals surface area (Å²) >= 11 is 0. The number of carbonyl (C=O) groups is 1. The Morgan fingerprint density at radius 1 is 1.36 bits per heavy atom. The van der Waals surface area contributed by atoms with Gasteiger partial charge in [0, 0.05) is 12.1 Å². The van der Waals surface area contributed by atoms with Gasteiger partial charge in [-0.25, -0.2) is 4.98 Å². The fourth-order valence-corrected chi connectivity index (χ4v) is 3.77. The van der Waals surface area contributed by atoms with E-state index in [2.05, 4.69) is 18.1 Å². The minimum atomic E-state index is -0.279. The lowest BCUT2D eigenvalue weighted by Crippen LogP contribution is -2.32. The smallest absolute Gasteiger partial charge is 0.306 e. The molecule has 0 fully saturated rings. The Kier molecular flexibility index (Phi) is 3.40. The van der Waals surface area contributed by atoms with Crippen molar-refractivity contribution in [1.82, 2.24) is 9.55 Å². The van der Waals surface area contributed by atoms with Crippen LogP contribution in [0.15, 0.2) is 10.9 Å². The first-order valence-electron chi connectivity index (χ1n) is 8.24. The summed E-state index contributed by atoms with van der Waals surface area (Å²) in [5.74, 6) is -0.355. The minimum absolute atomic E-state index is 0.0201. The van der Waals surface area contributed by atoms with Crippen molar-refractivity contribution in [2.45, 2.75) is 39.0 Å². The van der Waals surface area contributed by atoms with Gasteiger partial charge < -0.3 is 15.0 Å². The fourth-order valence-electron chi connectivity index (χ4n) is 3.77. The average molecular weight is 337 g/mol. The van der Waals surface area contributed by atoms with Crippen LogP contribution in [0.5, 0.6) is 0 Å². The maximum atomic E-state index is 13.0. The molecular formula is C19H19N3O3. The second kappa shape index (κ2) is 5.39. The third kappa shape index (κ3) is 2.17. The second-order valence-corrected chi connectivity index (χ2v) is 6.67. The van der Waals surface area contributed by atoms with Gasteiger partial charge in [0.15, 0.2) is 0 Å². The number of carbonyl (C=O) groups excluding carboxylic acids is 1. The summed E-state index contributed by atoms with van der Waals surface area (Å²) in [5.41, 5.74) is 10.5. The van der Waals surface area contributed by atoms with Gasteiger partial charge in [0.05, 0.1) is 35.3 Å². The molecule has 2 aliphatic rings. The van der Waals surface area contributed by atoms with E-state index < -0.39 is 0 Å². The summed E-state index contributed by atoms with van der Waals surface area (Å²) < 4.78 is 6.87. The molecule has 4 heterocycles. The number of esters is 1. The summed E-state index contributed by atoms with van der Waals surface area (Å²) in [7, 11) is 0. The zero-order valence-electron chi connectivity index (χ0n) is 14.1. The number of fused-ring (bicyclic) bond motifs is 4. The first-order valence-corrected chi connectivity index (χ1v) is 8.24. The fraction of sp³-hybridized carbons (Fsp3) is 0.316. The molecule has 0 amide bonds. The normalized spacial score (nSPS) is 18.2. The Morgan fingerprint density at radius 3 is 2.84 bits per heavy atom. The van der Waals surface area contributed by atoms with E-state index in [-0.39, 0.29) is 30.5 Å². The third-order valence-electron chi connectivity index (χ3n) is 5.19. The molecule has 25 heavy (non-hydrogen) atoms. The van der Waals surface area contributed by atoms with Crippen LogP contribution in [0.4, 0.5) is 0 Å². The highest BCUT2D eigenvalue weighted by molar-refractivity contribution is 5.72. The van der Waals surface area contributed by atoms with Gasteiger partial charge in [-0.05, 0) is 28.3 Å². The molecule has 128 valence electrons. The third-order valence-corrected chi connectivity index (χ3v) is 5.19. The number of nitrogens with zero attached hydrogens (tertiary/aromatic N) is 2. The molecule has 4 rings (SSSR count). The monoisotopic (exact) mass is 337 g/mol. The van der Waals surface area contributed by atoms with E-state index in [0.29, 0.717) is 24.0 Å². The molecule has 2 aliphatic heterocycles. The molecule has 1 unspecified atom stereocenters. The summed E-state index contributed by atoms with van der Waals surface area (Å²) in [6.45, 7) is 10.6. The Hall–Kier alpha value is -2.73. The van der Waals surface area contributed by atoms with E-state index in [0.717, 1.165) is 33.3 Å². The van der Waals surface area contributed by atoms with Crippen LogP contribution < -0.4 is 21.9 Å². The molecule has 0 saturated heterocycles. The Labute approximate surface area is 144 Å². The Bertz CT molecular complexity index is 1080. The molecule has 0 bridgehead atoms. The van der Waals surface area contributed by atoms with Crippen LogP contribution >= 0.6 is 0 Å². The molecule has 1 atom stereocenters. The van der Waals surface area contributed by atoms with E-state index in [4.69, 9.17) is 10.5 Å². The average Bonchev–Trinajstić information content (AvgIpc) is 2.85. The molecule has 0 aliphatic carbocycles. The number of cyclic esters (lactones) is 1. The van der Waals surface area contributed by atoms with Crippen LogP contribution in [0.25, 0.3) is 24.5 Å². The van der Waals surface area contributed by atoms with Crippen molar-refractivity contribution in [3.8, 4) is 11.4 Å². The van der Waals surface area contributed by atoms with Crippen molar-refractivity contribution in [1.29, 1.82) is 0 Å². The van der Waals surface area contributed by atoms with Crippen LogP contribution in [-0.4, -0.2) is 15.5 Å². The van der Waals surface area contributed by atoms with E-state index >= 15 is 0 Å². The van der Waals surface area contributed by atoms with Crippen molar-refractivity contribution < 1.29 is 9.53 Å².